The number of anilines is 2. The van der Waals surface area contributed by atoms with E-state index in [1.54, 1.807) is 33.7 Å². The van der Waals surface area contributed by atoms with E-state index < -0.39 is 15.6 Å². The third kappa shape index (κ3) is 3.89. The van der Waals surface area contributed by atoms with Gasteiger partial charge in [-0.3, -0.25) is 14.7 Å². The van der Waals surface area contributed by atoms with Crippen LogP contribution < -0.4 is 9.80 Å². The number of sulfonamides is 1. The molecule has 1 amide bonds. The summed E-state index contributed by atoms with van der Waals surface area (Å²) in [5, 5.41) is 0.599. The standard InChI is InChI=1S/C23H29ClN4O3S/c1-5-10-32(30,31)27-9-8-17(15-27)26(4)18-12-19(14-25-13-18)28-22(29)20-7-6-16(24)11-21(20)23(28,2)3/h6-7,11-14,17H,5,8-10,15H2,1-4H3. The minimum absolute atomic E-state index is 0.0528. The number of benzene rings is 1. The van der Waals surface area contributed by atoms with Crippen molar-refractivity contribution < 1.29 is 13.2 Å². The van der Waals surface area contributed by atoms with Crippen molar-refractivity contribution in [2.24, 2.45) is 0 Å². The SMILES string of the molecule is CCCS(=O)(=O)N1CCC(N(C)c2cncc(N3C(=O)c4ccc(Cl)cc4C3(C)C)c2)C1. The molecule has 1 aromatic carbocycles. The van der Waals surface area contributed by atoms with Crippen molar-refractivity contribution in [3.63, 3.8) is 0 Å². The summed E-state index contributed by atoms with van der Waals surface area (Å²) in [4.78, 5) is 21.5. The van der Waals surface area contributed by atoms with Crippen molar-refractivity contribution in [1.82, 2.24) is 9.29 Å². The van der Waals surface area contributed by atoms with E-state index in [9.17, 15) is 13.2 Å². The lowest BCUT2D eigenvalue weighted by Crippen LogP contribution is -2.40. The predicted molar refractivity (Wildman–Crippen MR) is 128 cm³/mol. The van der Waals surface area contributed by atoms with Crippen LogP contribution in [0.25, 0.3) is 0 Å². The van der Waals surface area contributed by atoms with E-state index >= 15 is 0 Å². The molecule has 0 saturated carbocycles. The zero-order valence-corrected chi connectivity index (χ0v) is 20.4. The highest BCUT2D eigenvalue weighted by Gasteiger charge is 2.44. The molecule has 1 atom stereocenters. The van der Waals surface area contributed by atoms with Gasteiger partial charge in [0.15, 0.2) is 0 Å². The fourth-order valence-corrected chi connectivity index (χ4v) is 6.48. The second kappa shape index (κ2) is 8.32. The number of aromatic nitrogens is 1. The third-order valence-electron chi connectivity index (χ3n) is 6.54. The molecule has 0 aliphatic carbocycles. The number of pyridine rings is 1. The van der Waals surface area contributed by atoms with Gasteiger partial charge in [-0.15, -0.1) is 0 Å². The van der Waals surface area contributed by atoms with Crippen molar-refractivity contribution in [2.45, 2.75) is 45.2 Å². The largest absolute Gasteiger partial charge is 0.369 e. The fraction of sp³-hybridized carbons (Fsp3) is 0.478. The smallest absolute Gasteiger partial charge is 0.259 e. The second-order valence-electron chi connectivity index (χ2n) is 9.02. The minimum Gasteiger partial charge on any atom is -0.369 e. The molecule has 1 saturated heterocycles. The van der Waals surface area contributed by atoms with E-state index in [-0.39, 0.29) is 17.7 Å². The van der Waals surface area contributed by atoms with Crippen molar-refractivity contribution in [3.8, 4) is 0 Å². The second-order valence-corrected chi connectivity index (χ2v) is 11.5. The molecule has 0 spiro atoms. The maximum atomic E-state index is 13.2. The molecule has 2 aliphatic rings. The molecule has 9 heteroatoms. The van der Waals surface area contributed by atoms with Gasteiger partial charge >= 0.3 is 0 Å². The maximum Gasteiger partial charge on any atom is 0.259 e. The number of hydrogen-bond acceptors (Lipinski definition) is 5. The molecular weight excluding hydrogens is 448 g/mol. The quantitative estimate of drug-likeness (QED) is 0.632. The van der Waals surface area contributed by atoms with Crippen molar-refractivity contribution >= 4 is 38.9 Å². The molecule has 1 aromatic heterocycles. The van der Waals surface area contributed by atoms with E-state index in [0.29, 0.717) is 35.8 Å². The van der Waals surface area contributed by atoms with Gasteiger partial charge in [-0.2, -0.15) is 4.31 Å². The number of amides is 1. The lowest BCUT2D eigenvalue weighted by molar-refractivity contribution is 0.0982. The average Bonchev–Trinajstić information content (AvgIpc) is 3.30. The van der Waals surface area contributed by atoms with Crippen LogP contribution in [0.4, 0.5) is 11.4 Å². The van der Waals surface area contributed by atoms with Gasteiger partial charge in [0.25, 0.3) is 5.91 Å². The number of halogens is 1. The van der Waals surface area contributed by atoms with Crippen LogP contribution in [-0.4, -0.2) is 55.5 Å². The Bertz CT molecular complexity index is 1150. The molecule has 4 rings (SSSR count). The van der Waals surface area contributed by atoms with E-state index in [0.717, 1.165) is 17.7 Å². The molecule has 7 nitrogen and oxygen atoms in total. The Morgan fingerprint density at radius 2 is 2.00 bits per heavy atom. The van der Waals surface area contributed by atoms with Crippen LogP contribution in [0.15, 0.2) is 36.7 Å². The minimum atomic E-state index is -3.21. The van der Waals surface area contributed by atoms with E-state index in [1.807, 2.05) is 40.0 Å². The summed E-state index contributed by atoms with van der Waals surface area (Å²) in [5.74, 6) is 0.0953. The number of fused-ring (bicyclic) bond motifs is 1. The molecule has 0 N–H and O–H groups in total. The predicted octanol–water partition coefficient (Wildman–Crippen LogP) is 3.88. The molecule has 32 heavy (non-hydrogen) atoms. The number of likely N-dealkylation sites (N-methyl/N-ethyl adjacent to an activating group) is 1. The first-order valence-electron chi connectivity index (χ1n) is 10.9. The number of hydrogen-bond donors (Lipinski definition) is 0. The van der Waals surface area contributed by atoms with Crippen LogP contribution in [0.3, 0.4) is 0 Å². The third-order valence-corrected chi connectivity index (χ3v) is 8.82. The lowest BCUT2D eigenvalue weighted by Gasteiger charge is -2.33. The number of rotatable bonds is 6. The molecule has 172 valence electrons. The molecule has 3 heterocycles. The van der Waals surface area contributed by atoms with E-state index in [1.165, 1.54) is 0 Å². The molecular formula is C23H29ClN4O3S. The van der Waals surface area contributed by atoms with Gasteiger partial charge in [0.1, 0.15) is 0 Å². The summed E-state index contributed by atoms with van der Waals surface area (Å²) in [7, 11) is -1.26. The number of nitrogens with zero attached hydrogens (tertiary/aromatic N) is 4. The van der Waals surface area contributed by atoms with Gasteiger partial charge in [-0.1, -0.05) is 18.5 Å². The summed E-state index contributed by atoms with van der Waals surface area (Å²) in [5.41, 5.74) is 2.51. The molecule has 0 bridgehead atoms. The summed E-state index contributed by atoms with van der Waals surface area (Å²) in [6.07, 6.45) is 4.81. The summed E-state index contributed by atoms with van der Waals surface area (Å²) < 4.78 is 26.5. The molecule has 1 fully saturated rings. The van der Waals surface area contributed by atoms with Gasteiger partial charge in [-0.05, 0) is 56.5 Å². The fourth-order valence-electron chi connectivity index (χ4n) is 4.75. The lowest BCUT2D eigenvalue weighted by atomic mass is 9.93. The maximum absolute atomic E-state index is 13.2. The van der Waals surface area contributed by atoms with Crippen LogP contribution in [0.5, 0.6) is 0 Å². The Morgan fingerprint density at radius 1 is 1.25 bits per heavy atom. The summed E-state index contributed by atoms with van der Waals surface area (Å²) in [6, 6.07) is 7.36. The molecule has 0 radical (unpaired) electrons. The topological polar surface area (TPSA) is 73.8 Å². The van der Waals surface area contributed by atoms with E-state index in [2.05, 4.69) is 9.88 Å². The van der Waals surface area contributed by atoms with Gasteiger partial charge in [0.05, 0.1) is 35.1 Å². The zero-order chi connectivity index (χ0) is 23.3. The first kappa shape index (κ1) is 23.0. The van der Waals surface area contributed by atoms with Crippen LogP contribution >= 0.6 is 11.6 Å². The first-order valence-corrected chi connectivity index (χ1v) is 12.8. The summed E-state index contributed by atoms with van der Waals surface area (Å²) in [6.45, 7) is 6.86. The number of carbonyl (C=O) groups excluding carboxylic acids is 1. The molecule has 1 unspecified atom stereocenters. The van der Waals surface area contributed by atoms with Crippen LogP contribution in [-0.2, 0) is 15.6 Å². The molecule has 2 aliphatic heterocycles. The highest BCUT2D eigenvalue weighted by atomic mass is 35.5. The van der Waals surface area contributed by atoms with Crippen molar-refractivity contribution in [2.75, 3.05) is 35.7 Å². The average molecular weight is 477 g/mol. The van der Waals surface area contributed by atoms with Crippen LogP contribution in [0.2, 0.25) is 5.02 Å². The van der Waals surface area contributed by atoms with Crippen LogP contribution in [0, 0.1) is 0 Å². The zero-order valence-electron chi connectivity index (χ0n) is 18.9. The normalized spacial score (nSPS) is 20.6. The Morgan fingerprint density at radius 3 is 2.72 bits per heavy atom. The van der Waals surface area contributed by atoms with Gasteiger partial charge in [-0.25, -0.2) is 8.42 Å². The summed E-state index contributed by atoms with van der Waals surface area (Å²) >= 11 is 6.20. The van der Waals surface area contributed by atoms with Crippen LogP contribution in [0.1, 0.15) is 49.5 Å². The van der Waals surface area contributed by atoms with Crippen molar-refractivity contribution in [3.05, 3.63) is 52.8 Å². The Labute approximate surface area is 195 Å². The molecule has 2 aromatic rings. The Balaban J connectivity index is 1.59. The number of carbonyl (C=O) groups is 1. The van der Waals surface area contributed by atoms with Gasteiger partial charge in [0.2, 0.25) is 10.0 Å². The Kier molecular flexibility index (Phi) is 5.98. The first-order chi connectivity index (χ1) is 15.1. The highest BCUT2D eigenvalue weighted by Crippen LogP contribution is 2.43. The highest BCUT2D eigenvalue weighted by molar-refractivity contribution is 7.89. The van der Waals surface area contributed by atoms with Gasteiger partial charge in [0, 0.05) is 36.8 Å². The Hall–Kier alpha value is -2.16. The van der Waals surface area contributed by atoms with Crippen molar-refractivity contribution in [1.29, 1.82) is 0 Å². The van der Waals surface area contributed by atoms with Gasteiger partial charge < -0.3 is 4.90 Å². The monoisotopic (exact) mass is 476 g/mol. The van der Waals surface area contributed by atoms with E-state index in [4.69, 9.17) is 11.6 Å².